The molecule has 0 aromatic heterocycles. The second-order valence-corrected chi connectivity index (χ2v) is 7.45. The van der Waals surface area contributed by atoms with E-state index in [0.717, 1.165) is 55.6 Å². The second-order valence-electron chi connectivity index (χ2n) is 7.45. The molecular formula is C23H33IN4O3. The molecule has 1 unspecified atom stereocenters. The number of hydrogen-bond donors (Lipinski definition) is 3. The van der Waals surface area contributed by atoms with Gasteiger partial charge in [0.1, 0.15) is 17.2 Å². The predicted octanol–water partition coefficient (Wildman–Crippen LogP) is 3.36. The molecule has 0 bridgehead atoms. The highest BCUT2D eigenvalue weighted by Gasteiger charge is 2.23. The summed E-state index contributed by atoms with van der Waals surface area (Å²) in [4.78, 5) is 7.12. The summed E-state index contributed by atoms with van der Waals surface area (Å²) in [5.74, 6) is 2.72. The number of aromatic hydroxyl groups is 1. The Balaban J connectivity index is 0.00000341. The second kappa shape index (κ2) is 12.6. The molecule has 0 saturated carbocycles. The molecule has 1 fully saturated rings. The zero-order valence-electron chi connectivity index (χ0n) is 18.4. The molecule has 7 nitrogen and oxygen atoms in total. The molecule has 0 amide bonds. The van der Waals surface area contributed by atoms with Gasteiger partial charge in [-0.05, 0) is 48.7 Å². The number of rotatable bonds is 8. The van der Waals surface area contributed by atoms with Gasteiger partial charge in [-0.3, -0.25) is 4.90 Å². The Hall–Kier alpha value is -2.20. The van der Waals surface area contributed by atoms with E-state index < -0.39 is 0 Å². The van der Waals surface area contributed by atoms with Crippen molar-refractivity contribution < 1.29 is 14.6 Å². The number of hydrogen-bond acceptors (Lipinski definition) is 5. The molecule has 0 radical (unpaired) electrons. The van der Waals surface area contributed by atoms with E-state index in [1.807, 2.05) is 18.2 Å². The van der Waals surface area contributed by atoms with E-state index in [0.29, 0.717) is 12.6 Å². The number of methoxy groups -OCH3 is 2. The quantitative estimate of drug-likeness (QED) is 0.271. The third-order valence-corrected chi connectivity index (χ3v) is 5.13. The van der Waals surface area contributed by atoms with Crippen molar-refractivity contribution in [3.8, 4) is 17.2 Å². The summed E-state index contributed by atoms with van der Waals surface area (Å²) in [5, 5.41) is 16.3. The number of halogens is 1. The first-order valence-electron chi connectivity index (χ1n) is 10.4. The molecule has 1 heterocycles. The van der Waals surface area contributed by atoms with E-state index in [9.17, 15) is 5.11 Å². The first kappa shape index (κ1) is 25.1. The molecule has 2 aromatic carbocycles. The van der Waals surface area contributed by atoms with Crippen molar-refractivity contribution in [3.05, 3.63) is 53.6 Å². The van der Waals surface area contributed by atoms with Crippen LogP contribution in [0.25, 0.3) is 0 Å². The Kier molecular flexibility index (Phi) is 10.2. The molecule has 1 atom stereocenters. The summed E-state index contributed by atoms with van der Waals surface area (Å²) >= 11 is 0. The van der Waals surface area contributed by atoms with Gasteiger partial charge in [-0.2, -0.15) is 0 Å². The van der Waals surface area contributed by atoms with Crippen molar-refractivity contribution >= 4 is 29.9 Å². The third-order valence-electron chi connectivity index (χ3n) is 5.13. The van der Waals surface area contributed by atoms with Crippen LogP contribution in [0.15, 0.2) is 47.5 Å². The molecule has 170 valence electrons. The molecule has 8 heteroatoms. The van der Waals surface area contributed by atoms with Crippen LogP contribution in [0.4, 0.5) is 0 Å². The van der Waals surface area contributed by atoms with E-state index in [4.69, 9.17) is 14.5 Å². The lowest BCUT2D eigenvalue weighted by atomic mass is 10.2. The van der Waals surface area contributed by atoms with Crippen molar-refractivity contribution in [2.45, 2.75) is 32.5 Å². The van der Waals surface area contributed by atoms with Crippen LogP contribution in [0.5, 0.6) is 17.2 Å². The Morgan fingerprint density at radius 1 is 1.10 bits per heavy atom. The number of phenolic OH excluding ortho intramolecular Hbond substituents is 1. The normalized spacial score (nSPS) is 16.5. The van der Waals surface area contributed by atoms with Gasteiger partial charge in [0.25, 0.3) is 0 Å². The van der Waals surface area contributed by atoms with Crippen LogP contribution in [0.2, 0.25) is 0 Å². The molecule has 1 aliphatic rings. The molecule has 0 aliphatic carbocycles. The number of ether oxygens (including phenoxy) is 2. The lowest BCUT2D eigenvalue weighted by molar-refractivity contribution is 0.321. The van der Waals surface area contributed by atoms with E-state index in [1.165, 1.54) is 5.56 Å². The van der Waals surface area contributed by atoms with Gasteiger partial charge in [0.2, 0.25) is 0 Å². The zero-order chi connectivity index (χ0) is 21.3. The largest absolute Gasteiger partial charge is 0.508 e. The maximum atomic E-state index is 9.42. The summed E-state index contributed by atoms with van der Waals surface area (Å²) in [5.41, 5.74) is 2.24. The molecule has 2 aromatic rings. The Bertz CT molecular complexity index is 823. The van der Waals surface area contributed by atoms with Crippen molar-refractivity contribution in [2.75, 3.05) is 33.9 Å². The lowest BCUT2D eigenvalue weighted by Gasteiger charge is -2.19. The molecule has 31 heavy (non-hydrogen) atoms. The predicted molar refractivity (Wildman–Crippen MR) is 135 cm³/mol. The van der Waals surface area contributed by atoms with Gasteiger partial charge in [-0.15, -0.1) is 24.0 Å². The Labute approximate surface area is 201 Å². The van der Waals surface area contributed by atoms with Crippen LogP contribution in [0, 0.1) is 0 Å². The molecule has 0 spiro atoms. The van der Waals surface area contributed by atoms with Gasteiger partial charge >= 0.3 is 0 Å². The standard InChI is InChI=1S/C23H32N4O3.HI/c1-4-24-23(25-14-17-5-7-20(28)8-6-17)26-19-9-10-27(16-19)15-18-11-21(29-2)13-22(12-18)30-3;/h5-8,11-13,19,28H,4,9-10,14-16H2,1-3H3,(H2,24,25,26);1H. The SMILES string of the molecule is CCNC(=NCc1ccc(O)cc1)NC1CCN(Cc2cc(OC)cc(OC)c2)C1.I. The summed E-state index contributed by atoms with van der Waals surface area (Å²) in [6.07, 6.45) is 1.06. The number of guanidine groups is 1. The van der Waals surface area contributed by atoms with Crippen molar-refractivity contribution in [3.63, 3.8) is 0 Å². The van der Waals surface area contributed by atoms with E-state index in [1.54, 1.807) is 26.4 Å². The van der Waals surface area contributed by atoms with E-state index in [2.05, 4.69) is 34.6 Å². The van der Waals surface area contributed by atoms with Gasteiger partial charge in [0.15, 0.2) is 5.96 Å². The summed E-state index contributed by atoms with van der Waals surface area (Å²) in [6, 6.07) is 13.5. The average molecular weight is 540 g/mol. The van der Waals surface area contributed by atoms with E-state index >= 15 is 0 Å². The van der Waals surface area contributed by atoms with Crippen LogP contribution in [-0.4, -0.2) is 55.9 Å². The minimum absolute atomic E-state index is 0. The number of benzene rings is 2. The van der Waals surface area contributed by atoms with Crippen LogP contribution in [0.1, 0.15) is 24.5 Å². The smallest absolute Gasteiger partial charge is 0.191 e. The fourth-order valence-electron chi connectivity index (χ4n) is 3.59. The minimum Gasteiger partial charge on any atom is -0.508 e. The fraction of sp³-hybridized carbons (Fsp3) is 0.435. The summed E-state index contributed by atoms with van der Waals surface area (Å²) in [6.45, 7) is 6.26. The van der Waals surface area contributed by atoms with Gasteiger partial charge in [0, 0.05) is 38.3 Å². The van der Waals surface area contributed by atoms with E-state index in [-0.39, 0.29) is 29.7 Å². The molecule has 1 aliphatic heterocycles. The monoisotopic (exact) mass is 540 g/mol. The van der Waals surface area contributed by atoms with Crippen molar-refractivity contribution in [2.24, 2.45) is 4.99 Å². The van der Waals surface area contributed by atoms with Gasteiger partial charge in [-0.1, -0.05) is 12.1 Å². The summed E-state index contributed by atoms with van der Waals surface area (Å²) in [7, 11) is 3.35. The van der Waals surface area contributed by atoms with Gasteiger partial charge in [0.05, 0.1) is 20.8 Å². The first-order chi connectivity index (χ1) is 14.6. The Morgan fingerprint density at radius 3 is 2.39 bits per heavy atom. The highest BCUT2D eigenvalue weighted by molar-refractivity contribution is 14.0. The first-order valence-corrected chi connectivity index (χ1v) is 10.4. The number of aliphatic imine (C=N–C) groups is 1. The topological polar surface area (TPSA) is 78.4 Å². The van der Waals surface area contributed by atoms with Crippen LogP contribution < -0.4 is 20.1 Å². The summed E-state index contributed by atoms with van der Waals surface area (Å²) < 4.78 is 10.8. The van der Waals surface area contributed by atoms with Gasteiger partial charge in [-0.25, -0.2) is 4.99 Å². The Morgan fingerprint density at radius 2 is 1.77 bits per heavy atom. The maximum absolute atomic E-state index is 9.42. The molecule has 3 N–H and O–H groups in total. The van der Waals surface area contributed by atoms with Crippen LogP contribution >= 0.6 is 24.0 Å². The number of nitrogens with one attached hydrogen (secondary N) is 2. The lowest BCUT2D eigenvalue weighted by Crippen LogP contribution is -2.44. The van der Waals surface area contributed by atoms with Gasteiger partial charge < -0.3 is 25.2 Å². The minimum atomic E-state index is 0. The number of likely N-dealkylation sites (tertiary alicyclic amines) is 1. The van der Waals surface area contributed by atoms with Crippen molar-refractivity contribution in [1.29, 1.82) is 0 Å². The average Bonchev–Trinajstić information content (AvgIpc) is 3.19. The highest BCUT2D eigenvalue weighted by Crippen LogP contribution is 2.24. The molecular weight excluding hydrogens is 507 g/mol. The third kappa shape index (κ3) is 7.77. The van der Waals surface area contributed by atoms with Crippen LogP contribution in [-0.2, 0) is 13.1 Å². The number of phenols is 1. The number of nitrogens with zero attached hydrogens (tertiary/aromatic N) is 2. The van der Waals surface area contributed by atoms with Crippen LogP contribution in [0.3, 0.4) is 0 Å². The zero-order valence-corrected chi connectivity index (χ0v) is 20.8. The molecule has 1 saturated heterocycles. The maximum Gasteiger partial charge on any atom is 0.191 e. The highest BCUT2D eigenvalue weighted by atomic mass is 127. The van der Waals surface area contributed by atoms with Crippen molar-refractivity contribution in [1.82, 2.24) is 15.5 Å². The fourth-order valence-corrected chi connectivity index (χ4v) is 3.59. The molecule has 3 rings (SSSR count).